The highest BCUT2D eigenvalue weighted by atomic mass is 19.4. The highest BCUT2D eigenvalue weighted by Crippen LogP contribution is 2.38. The van der Waals surface area contributed by atoms with Gasteiger partial charge < -0.3 is 14.8 Å². The van der Waals surface area contributed by atoms with Gasteiger partial charge in [-0.05, 0) is 24.3 Å². The van der Waals surface area contributed by atoms with Crippen LogP contribution in [0.15, 0.2) is 24.0 Å². The maximum Gasteiger partial charge on any atom is 0.573 e. The molecule has 0 aromatic heterocycles. The molecule has 0 fully saturated rings. The first-order valence-corrected chi connectivity index (χ1v) is 6.65. The van der Waals surface area contributed by atoms with Gasteiger partial charge in [0.25, 0.3) is 0 Å². The summed E-state index contributed by atoms with van der Waals surface area (Å²) in [6, 6.07) is 0.505. The van der Waals surface area contributed by atoms with Crippen LogP contribution in [-0.4, -0.2) is 24.5 Å². The number of ether oxygens (including phenoxy) is 2. The van der Waals surface area contributed by atoms with E-state index in [2.05, 4.69) is 14.8 Å². The van der Waals surface area contributed by atoms with Crippen molar-refractivity contribution in [3.63, 3.8) is 0 Å². The Bertz CT molecular complexity index is 665. The second-order valence-electron chi connectivity index (χ2n) is 4.79. The molecule has 1 atom stereocenters. The number of fused-ring (bicyclic) bond motifs is 1. The van der Waals surface area contributed by atoms with Crippen LogP contribution >= 0.6 is 0 Å². The molecule has 0 saturated heterocycles. The van der Waals surface area contributed by atoms with Crippen LogP contribution in [-0.2, 0) is 9.53 Å². The summed E-state index contributed by atoms with van der Waals surface area (Å²) in [6.45, 7) is 1.39. The molecule has 0 saturated carbocycles. The molecule has 4 nitrogen and oxygen atoms in total. The van der Waals surface area contributed by atoms with E-state index in [4.69, 9.17) is 0 Å². The number of hydrogen-bond acceptors (Lipinski definition) is 4. The lowest BCUT2D eigenvalue weighted by Gasteiger charge is -2.29. The van der Waals surface area contributed by atoms with Crippen LogP contribution in [0.2, 0.25) is 0 Å². The Morgan fingerprint density at radius 3 is 2.42 bits per heavy atom. The molecule has 0 bridgehead atoms. The lowest BCUT2D eigenvalue weighted by Crippen LogP contribution is -2.40. The van der Waals surface area contributed by atoms with E-state index in [1.54, 1.807) is 0 Å². The number of carbonyl (C=O) groups excluding carboxylic acids is 1. The van der Waals surface area contributed by atoms with E-state index in [0.717, 1.165) is 24.3 Å². The van der Waals surface area contributed by atoms with Gasteiger partial charge in [-0.15, -0.1) is 13.2 Å². The van der Waals surface area contributed by atoms with Crippen molar-refractivity contribution in [1.29, 1.82) is 0 Å². The van der Waals surface area contributed by atoms with Crippen LogP contribution < -0.4 is 10.1 Å². The van der Waals surface area contributed by atoms with Gasteiger partial charge in [-0.25, -0.2) is 0 Å². The van der Waals surface area contributed by atoms with Crippen molar-refractivity contribution in [3.05, 3.63) is 29.5 Å². The third-order valence-electron chi connectivity index (χ3n) is 2.99. The second-order valence-corrected chi connectivity index (χ2v) is 4.79. The number of carbonyl (C=O) groups is 1. The predicted octanol–water partition coefficient (Wildman–Crippen LogP) is 4.24. The standard InChI is InChI=1S/C14H11F6NO3/c1-2-11(22)23-10-6-7-5-8(24-14(18,19)20)3-4-9(7)21-12(10)13(15,16)17/h3-6,12,21H,2H2,1H3. The Balaban J connectivity index is 2.39. The number of anilines is 1. The Labute approximate surface area is 132 Å². The minimum atomic E-state index is -4.94. The third-order valence-corrected chi connectivity index (χ3v) is 2.99. The van der Waals surface area contributed by atoms with Crippen molar-refractivity contribution in [2.45, 2.75) is 31.9 Å². The quantitative estimate of drug-likeness (QED) is 0.651. The molecule has 1 aliphatic heterocycles. The molecule has 0 aliphatic carbocycles. The zero-order valence-corrected chi connectivity index (χ0v) is 12.1. The van der Waals surface area contributed by atoms with Gasteiger partial charge >= 0.3 is 18.5 Å². The number of hydrogen-bond donors (Lipinski definition) is 1. The fourth-order valence-corrected chi connectivity index (χ4v) is 1.99. The smallest absolute Gasteiger partial charge is 0.428 e. The first kappa shape index (κ1) is 18.0. The summed E-state index contributed by atoms with van der Waals surface area (Å²) in [7, 11) is 0. The summed E-state index contributed by atoms with van der Waals surface area (Å²) < 4.78 is 84.2. The second kappa shape index (κ2) is 6.25. The van der Waals surface area contributed by atoms with E-state index in [-0.39, 0.29) is 17.7 Å². The number of halogens is 6. The fourth-order valence-electron chi connectivity index (χ4n) is 1.99. The zero-order chi connectivity index (χ0) is 18.1. The number of benzene rings is 1. The molecule has 1 unspecified atom stereocenters. The van der Waals surface area contributed by atoms with Crippen LogP contribution in [0.4, 0.5) is 32.0 Å². The molecule has 1 aliphatic rings. The SMILES string of the molecule is CCC(=O)OC1=Cc2cc(OC(F)(F)F)ccc2NC1C(F)(F)F. The van der Waals surface area contributed by atoms with Crippen LogP contribution in [0.25, 0.3) is 6.08 Å². The van der Waals surface area contributed by atoms with Crippen molar-refractivity contribution in [3.8, 4) is 5.75 Å². The van der Waals surface area contributed by atoms with Crippen molar-refractivity contribution < 1.29 is 40.6 Å². The van der Waals surface area contributed by atoms with Gasteiger partial charge in [-0.2, -0.15) is 13.2 Å². The minimum Gasteiger partial charge on any atom is -0.428 e. The molecule has 0 amide bonds. The lowest BCUT2D eigenvalue weighted by molar-refractivity contribution is -0.274. The summed E-state index contributed by atoms with van der Waals surface area (Å²) in [5.41, 5.74) is -0.0979. The summed E-state index contributed by atoms with van der Waals surface area (Å²) in [4.78, 5) is 11.3. The molecule has 10 heteroatoms. The summed E-state index contributed by atoms with van der Waals surface area (Å²) >= 11 is 0. The molecule has 1 aromatic carbocycles. The molecule has 24 heavy (non-hydrogen) atoms. The van der Waals surface area contributed by atoms with Crippen molar-refractivity contribution >= 4 is 17.7 Å². The maximum atomic E-state index is 13.1. The van der Waals surface area contributed by atoms with Crippen LogP contribution in [0.1, 0.15) is 18.9 Å². The molecule has 1 N–H and O–H groups in total. The van der Waals surface area contributed by atoms with Crippen LogP contribution in [0.5, 0.6) is 5.75 Å². The number of nitrogens with one attached hydrogen (secondary N) is 1. The van der Waals surface area contributed by atoms with Gasteiger partial charge in [0.05, 0.1) is 0 Å². The molecular formula is C14H11F6NO3. The molecule has 1 aromatic rings. The van der Waals surface area contributed by atoms with E-state index in [1.807, 2.05) is 0 Å². The molecule has 0 radical (unpaired) electrons. The van der Waals surface area contributed by atoms with Crippen molar-refractivity contribution in [2.24, 2.45) is 0 Å². The first-order valence-electron chi connectivity index (χ1n) is 6.65. The largest absolute Gasteiger partial charge is 0.573 e. The van der Waals surface area contributed by atoms with Gasteiger partial charge in [-0.3, -0.25) is 4.79 Å². The average molecular weight is 355 g/mol. The Morgan fingerprint density at radius 1 is 1.21 bits per heavy atom. The Kier molecular flexibility index (Phi) is 4.68. The number of rotatable bonds is 3. The van der Waals surface area contributed by atoms with Gasteiger partial charge in [0, 0.05) is 17.7 Å². The normalized spacial score (nSPS) is 17.5. The van der Waals surface area contributed by atoms with Gasteiger partial charge in [0.15, 0.2) is 6.04 Å². The zero-order valence-electron chi connectivity index (χ0n) is 12.1. The van der Waals surface area contributed by atoms with E-state index < -0.39 is 36.1 Å². The average Bonchev–Trinajstić information content (AvgIpc) is 2.43. The van der Waals surface area contributed by atoms with Gasteiger partial charge in [-0.1, -0.05) is 6.92 Å². The molecule has 2 rings (SSSR count). The van der Waals surface area contributed by atoms with Gasteiger partial charge in [0.1, 0.15) is 11.5 Å². The van der Waals surface area contributed by atoms with Crippen molar-refractivity contribution in [1.82, 2.24) is 0 Å². The molecule has 1 heterocycles. The first-order chi connectivity index (χ1) is 11.0. The summed E-state index contributed by atoms with van der Waals surface area (Å²) in [5.74, 6) is -2.25. The van der Waals surface area contributed by atoms with E-state index in [9.17, 15) is 31.1 Å². The Morgan fingerprint density at radius 2 is 1.88 bits per heavy atom. The predicted molar refractivity (Wildman–Crippen MR) is 71.0 cm³/mol. The Hall–Kier alpha value is -2.39. The molecular weight excluding hydrogens is 344 g/mol. The van der Waals surface area contributed by atoms with E-state index in [1.165, 1.54) is 6.92 Å². The highest BCUT2D eigenvalue weighted by Gasteiger charge is 2.46. The maximum absolute atomic E-state index is 13.1. The van der Waals surface area contributed by atoms with Crippen molar-refractivity contribution in [2.75, 3.05) is 5.32 Å². The number of alkyl halides is 6. The monoisotopic (exact) mass is 355 g/mol. The summed E-state index contributed by atoms with van der Waals surface area (Å²) in [5, 5.41) is 2.10. The van der Waals surface area contributed by atoms with E-state index >= 15 is 0 Å². The fraction of sp³-hybridized carbons (Fsp3) is 0.357. The van der Waals surface area contributed by atoms with E-state index in [0.29, 0.717) is 0 Å². The van der Waals surface area contributed by atoms with Crippen LogP contribution in [0.3, 0.4) is 0 Å². The third kappa shape index (κ3) is 4.33. The lowest BCUT2D eigenvalue weighted by atomic mass is 10.0. The summed E-state index contributed by atoms with van der Waals surface area (Å²) in [6.07, 6.45) is -9.00. The van der Waals surface area contributed by atoms with Gasteiger partial charge in [0.2, 0.25) is 0 Å². The topological polar surface area (TPSA) is 47.6 Å². The molecule has 132 valence electrons. The molecule has 0 spiro atoms. The minimum absolute atomic E-state index is 0.0313. The highest BCUT2D eigenvalue weighted by molar-refractivity contribution is 5.77. The number of esters is 1. The van der Waals surface area contributed by atoms with Crippen LogP contribution in [0, 0.1) is 0 Å².